The second kappa shape index (κ2) is 9.35. The van der Waals surface area contributed by atoms with Crippen LogP contribution in [0.3, 0.4) is 0 Å². The van der Waals surface area contributed by atoms with Gasteiger partial charge in [-0.3, -0.25) is 19.5 Å². The molecule has 3 amide bonds. The van der Waals surface area contributed by atoms with Gasteiger partial charge >= 0.3 is 6.03 Å². The van der Waals surface area contributed by atoms with Crippen LogP contribution in [0.15, 0.2) is 34.2 Å². The van der Waals surface area contributed by atoms with E-state index >= 15 is 0 Å². The van der Waals surface area contributed by atoms with Crippen molar-refractivity contribution in [1.29, 1.82) is 0 Å². The number of benzene rings is 1. The van der Waals surface area contributed by atoms with E-state index in [1.54, 1.807) is 45.2 Å². The van der Waals surface area contributed by atoms with E-state index in [4.69, 9.17) is 4.74 Å². The zero-order chi connectivity index (χ0) is 19.1. The minimum Gasteiger partial charge on any atom is -0.383 e. The van der Waals surface area contributed by atoms with E-state index in [1.807, 2.05) is 0 Å². The first kappa shape index (κ1) is 19.9. The Balaban J connectivity index is 2.30. The van der Waals surface area contributed by atoms with E-state index in [0.717, 1.165) is 11.8 Å². The van der Waals surface area contributed by atoms with Gasteiger partial charge in [-0.2, -0.15) is 0 Å². The quantitative estimate of drug-likeness (QED) is 0.557. The molecule has 2 aromatic rings. The molecule has 1 unspecified atom stereocenters. The van der Waals surface area contributed by atoms with E-state index in [2.05, 4.69) is 15.6 Å². The standard InChI is InChI=1S/C17H22N4O4S/c1-4-18-16(24)20-14(22)11(2)26-17-19-13-8-6-5-7-12(13)15(23)21(17)9-10-25-3/h5-8,11H,4,9-10H2,1-3H3,(H2,18,20,22,24). The summed E-state index contributed by atoms with van der Waals surface area (Å²) < 4.78 is 6.56. The largest absolute Gasteiger partial charge is 0.383 e. The lowest BCUT2D eigenvalue weighted by Gasteiger charge is -2.16. The maximum absolute atomic E-state index is 12.8. The monoisotopic (exact) mass is 378 g/mol. The second-order valence-corrected chi connectivity index (χ2v) is 6.78. The van der Waals surface area contributed by atoms with Crippen LogP contribution in [0.4, 0.5) is 4.79 Å². The molecule has 1 atom stereocenters. The topological polar surface area (TPSA) is 102 Å². The van der Waals surface area contributed by atoms with Gasteiger partial charge in [0, 0.05) is 13.7 Å². The normalized spacial score (nSPS) is 12.0. The number of hydrogen-bond donors (Lipinski definition) is 2. The Labute approximate surface area is 155 Å². The molecule has 0 saturated heterocycles. The number of nitrogens with one attached hydrogen (secondary N) is 2. The molecule has 8 nitrogen and oxygen atoms in total. The molecule has 1 aromatic heterocycles. The Morgan fingerprint density at radius 2 is 2.08 bits per heavy atom. The number of methoxy groups -OCH3 is 1. The lowest BCUT2D eigenvalue weighted by Crippen LogP contribution is -2.42. The van der Waals surface area contributed by atoms with Crippen molar-refractivity contribution >= 4 is 34.6 Å². The second-order valence-electron chi connectivity index (χ2n) is 5.47. The van der Waals surface area contributed by atoms with Crippen molar-refractivity contribution in [2.24, 2.45) is 0 Å². The van der Waals surface area contributed by atoms with Gasteiger partial charge in [0.25, 0.3) is 5.56 Å². The summed E-state index contributed by atoms with van der Waals surface area (Å²) in [5.41, 5.74) is 0.372. The van der Waals surface area contributed by atoms with Crippen molar-refractivity contribution in [1.82, 2.24) is 20.2 Å². The molecule has 140 valence electrons. The average molecular weight is 378 g/mol. The molecule has 0 aliphatic carbocycles. The van der Waals surface area contributed by atoms with Gasteiger partial charge in [-0.25, -0.2) is 9.78 Å². The molecule has 2 rings (SSSR count). The van der Waals surface area contributed by atoms with Crippen LogP contribution in [0.1, 0.15) is 13.8 Å². The number of urea groups is 1. The number of carbonyl (C=O) groups excluding carboxylic acids is 2. The summed E-state index contributed by atoms with van der Waals surface area (Å²) in [5, 5.41) is 5.07. The van der Waals surface area contributed by atoms with Crippen molar-refractivity contribution < 1.29 is 14.3 Å². The summed E-state index contributed by atoms with van der Waals surface area (Å²) in [7, 11) is 1.55. The minimum atomic E-state index is -0.612. The number of para-hydroxylation sites is 1. The van der Waals surface area contributed by atoms with Crippen LogP contribution in [0.2, 0.25) is 0 Å². The highest BCUT2D eigenvalue weighted by molar-refractivity contribution is 8.00. The van der Waals surface area contributed by atoms with Crippen LogP contribution in [0, 0.1) is 0 Å². The van der Waals surface area contributed by atoms with Gasteiger partial charge in [-0.1, -0.05) is 23.9 Å². The number of hydrogen-bond acceptors (Lipinski definition) is 6. The number of carbonyl (C=O) groups is 2. The van der Waals surface area contributed by atoms with Gasteiger partial charge < -0.3 is 10.1 Å². The van der Waals surface area contributed by atoms with E-state index in [0.29, 0.717) is 35.8 Å². The Hall–Kier alpha value is -2.39. The Bertz CT molecular complexity index is 852. The molecular weight excluding hydrogens is 356 g/mol. The number of thioether (sulfide) groups is 1. The van der Waals surface area contributed by atoms with Gasteiger partial charge in [0.2, 0.25) is 5.91 Å². The van der Waals surface area contributed by atoms with Crippen molar-refractivity contribution in [2.75, 3.05) is 20.3 Å². The highest BCUT2D eigenvalue weighted by atomic mass is 32.2. The van der Waals surface area contributed by atoms with Crippen molar-refractivity contribution in [3.8, 4) is 0 Å². The number of nitrogens with zero attached hydrogens (tertiary/aromatic N) is 2. The zero-order valence-corrected chi connectivity index (χ0v) is 15.8. The molecule has 0 fully saturated rings. The zero-order valence-electron chi connectivity index (χ0n) is 14.9. The van der Waals surface area contributed by atoms with Gasteiger partial charge in [-0.05, 0) is 26.0 Å². The molecule has 0 spiro atoms. The van der Waals surface area contributed by atoms with Gasteiger partial charge in [0.05, 0.1) is 29.3 Å². The number of amides is 3. The molecule has 2 N–H and O–H groups in total. The fraction of sp³-hybridized carbons (Fsp3) is 0.412. The molecule has 9 heteroatoms. The summed E-state index contributed by atoms with van der Waals surface area (Å²) >= 11 is 1.12. The molecule has 26 heavy (non-hydrogen) atoms. The molecular formula is C17H22N4O4S. The van der Waals surface area contributed by atoms with Crippen LogP contribution in [-0.2, 0) is 16.1 Å². The van der Waals surface area contributed by atoms with E-state index in [9.17, 15) is 14.4 Å². The summed E-state index contributed by atoms with van der Waals surface area (Å²) in [4.78, 5) is 41.0. The summed E-state index contributed by atoms with van der Waals surface area (Å²) in [6.45, 7) is 4.49. The predicted molar refractivity (Wildman–Crippen MR) is 100 cm³/mol. The molecule has 0 radical (unpaired) electrons. The molecule has 0 aliphatic heterocycles. The lowest BCUT2D eigenvalue weighted by atomic mass is 10.2. The minimum absolute atomic E-state index is 0.188. The van der Waals surface area contributed by atoms with Gasteiger partial charge in [-0.15, -0.1) is 0 Å². The first-order valence-corrected chi connectivity index (χ1v) is 9.09. The van der Waals surface area contributed by atoms with Gasteiger partial charge in [0.15, 0.2) is 5.16 Å². The van der Waals surface area contributed by atoms with E-state index in [-0.39, 0.29) is 5.56 Å². The van der Waals surface area contributed by atoms with E-state index < -0.39 is 17.2 Å². The van der Waals surface area contributed by atoms with E-state index in [1.165, 1.54) is 4.57 Å². The first-order chi connectivity index (χ1) is 12.5. The van der Waals surface area contributed by atoms with Crippen molar-refractivity contribution in [3.63, 3.8) is 0 Å². The highest BCUT2D eigenvalue weighted by Gasteiger charge is 2.20. The fourth-order valence-corrected chi connectivity index (χ4v) is 3.18. The maximum Gasteiger partial charge on any atom is 0.321 e. The summed E-state index contributed by atoms with van der Waals surface area (Å²) in [6, 6.07) is 6.50. The molecule has 0 aliphatic rings. The molecule has 0 bridgehead atoms. The van der Waals surface area contributed by atoms with Crippen LogP contribution >= 0.6 is 11.8 Å². The van der Waals surface area contributed by atoms with Crippen molar-refractivity contribution in [3.05, 3.63) is 34.6 Å². The third-order valence-corrected chi connectivity index (χ3v) is 4.66. The number of imide groups is 1. The molecule has 1 heterocycles. The Morgan fingerprint density at radius 3 is 2.77 bits per heavy atom. The average Bonchev–Trinajstić information content (AvgIpc) is 2.61. The molecule has 0 saturated carbocycles. The fourth-order valence-electron chi connectivity index (χ4n) is 2.25. The lowest BCUT2D eigenvalue weighted by molar-refractivity contribution is -0.119. The third-order valence-electron chi connectivity index (χ3n) is 3.57. The highest BCUT2D eigenvalue weighted by Crippen LogP contribution is 2.22. The smallest absolute Gasteiger partial charge is 0.321 e. The van der Waals surface area contributed by atoms with Crippen molar-refractivity contribution in [2.45, 2.75) is 30.8 Å². The molecule has 1 aromatic carbocycles. The van der Waals surface area contributed by atoms with Crippen LogP contribution in [0.25, 0.3) is 10.9 Å². The van der Waals surface area contributed by atoms with Crippen LogP contribution in [-0.4, -0.2) is 47.0 Å². The third kappa shape index (κ3) is 4.83. The van der Waals surface area contributed by atoms with Crippen LogP contribution < -0.4 is 16.2 Å². The SMILES string of the molecule is CCNC(=O)NC(=O)C(C)Sc1nc2ccccc2c(=O)n1CCOC. The number of rotatable bonds is 7. The maximum atomic E-state index is 12.8. The Morgan fingerprint density at radius 1 is 1.35 bits per heavy atom. The van der Waals surface area contributed by atoms with Crippen LogP contribution in [0.5, 0.6) is 0 Å². The number of ether oxygens (including phenoxy) is 1. The predicted octanol–water partition coefficient (Wildman–Crippen LogP) is 1.37. The van der Waals surface area contributed by atoms with Gasteiger partial charge in [0.1, 0.15) is 0 Å². The number of fused-ring (bicyclic) bond motifs is 1. The Kier molecular flexibility index (Phi) is 7.16. The summed E-state index contributed by atoms with van der Waals surface area (Å²) in [6.07, 6.45) is 0. The summed E-state index contributed by atoms with van der Waals surface area (Å²) in [5.74, 6) is -0.457. The first-order valence-electron chi connectivity index (χ1n) is 8.21. The number of aromatic nitrogens is 2.